The van der Waals surface area contributed by atoms with Crippen molar-refractivity contribution in [2.45, 2.75) is 90.9 Å². The lowest BCUT2D eigenvalue weighted by Crippen LogP contribution is -1.93. The number of hydrogen-bond acceptors (Lipinski definition) is 1. The molecule has 0 bridgehead atoms. The van der Waals surface area contributed by atoms with Gasteiger partial charge in [0.25, 0.3) is 0 Å². The molecular weight excluding hydrogens is 236 g/mol. The average molecular weight is 268 g/mol. The molecule has 0 aliphatic heterocycles. The Labute approximate surface area is 119 Å². The summed E-state index contributed by atoms with van der Waals surface area (Å²) in [7, 11) is 0. The van der Waals surface area contributed by atoms with E-state index in [2.05, 4.69) is 19.9 Å². The van der Waals surface area contributed by atoms with Crippen molar-refractivity contribution in [1.82, 2.24) is 0 Å². The number of carbonyl (C=O) groups is 1. The number of carboxylic acid groups (broad SMARTS) is 1. The Hall–Kier alpha value is -0.790. The van der Waals surface area contributed by atoms with Gasteiger partial charge in [-0.25, -0.2) is 0 Å². The summed E-state index contributed by atoms with van der Waals surface area (Å²) in [6.07, 6.45) is 16.1. The van der Waals surface area contributed by atoms with Gasteiger partial charge in [-0.1, -0.05) is 57.1 Å². The summed E-state index contributed by atoms with van der Waals surface area (Å²) < 4.78 is 0. The number of carboxylic acids is 1. The van der Waals surface area contributed by atoms with Crippen LogP contribution in [0, 0.1) is 0 Å². The monoisotopic (exact) mass is 268 g/mol. The molecule has 0 fully saturated rings. The van der Waals surface area contributed by atoms with Gasteiger partial charge in [0.15, 0.2) is 0 Å². The molecule has 0 aliphatic rings. The molecule has 0 aromatic heterocycles. The van der Waals surface area contributed by atoms with Crippen molar-refractivity contribution in [2.75, 3.05) is 0 Å². The molecule has 0 aromatic rings. The van der Waals surface area contributed by atoms with E-state index in [1.165, 1.54) is 57.8 Å². The molecule has 0 aliphatic carbocycles. The lowest BCUT2D eigenvalue weighted by Gasteiger charge is -2.02. The summed E-state index contributed by atoms with van der Waals surface area (Å²) in [6.45, 7) is 4.50. The third kappa shape index (κ3) is 15.2. The Kier molecular flexibility index (Phi) is 13.1. The van der Waals surface area contributed by atoms with Crippen LogP contribution >= 0.6 is 0 Å². The van der Waals surface area contributed by atoms with Crippen LogP contribution in [0.5, 0.6) is 0 Å². The first kappa shape index (κ1) is 18.2. The number of allylic oxidation sites excluding steroid dienone is 2. The third-order valence-electron chi connectivity index (χ3n) is 3.51. The smallest absolute Gasteiger partial charge is 0.303 e. The van der Waals surface area contributed by atoms with Crippen molar-refractivity contribution in [1.29, 1.82) is 0 Å². The van der Waals surface area contributed by atoms with Crippen LogP contribution in [0.3, 0.4) is 0 Å². The fourth-order valence-corrected chi connectivity index (χ4v) is 2.23. The fraction of sp³-hybridized carbons (Fsp3) is 0.824. The van der Waals surface area contributed by atoms with Crippen LogP contribution < -0.4 is 0 Å². The molecule has 19 heavy (non-hydrogen) atoms. The van der Waals surface area contributed by atoms with Crippen LogP contribution in [-0.4, -0.2) is 11.1 Å². The molecule has 2 heteroatoms. The predicted molar refractivity (Wildman–Crippen MR) is 82.5 cm³/mol. The summed E-state index contributed by atoms with van der Waals surface area (Å²) in [4.78, 5) is 10.3. The largest absolute Gasteiger partial charge is 0.481 e. The van der Waals surface area contributed by atoms with Crippen LogP contribution in [0.2, 0.25) is 0 Å². The van der Waals surface area contributed by atoms with Crippen molar-refractivity contribution in [3.8, 4) is 0 Å². The highest BCUT2D eigenvalue weighted by atomic mass is 16.4. The Morgan fingerprint density at radius 3 is 2.16 bits per heavy atom. The molecule has 0 saturated heterocycles. The highest BCUT2D eigenvalue weighted by Crippen LogP contribution is 2.12. The van der Waals surface area contributed by atoms with Gasteiger partial charge in [-0.2, -0.15) is 0 Å². The van der Waals surface area contributed by atoms with Crippen LogP contribution in [0.4, 0.5) is 0 Å². The van der Waals surface area contributed by atoms with Gasteiger partial charge >= 0.3 is 5.97 Å². The van der Waals surface area contributed by atoms with Gasteiger partial charge in [-0.3, -0.25) is 4.79 Å². The third-order valence-corrected chi connectivity index (χ3v) is 3.51. The summed E-state index contributed by atoms with van der Waals surface area (Å²) in [5, 5.41) is 8.51. The Bertz CT molecular complexity index is 244. The lowest BCUT2D eigenvalue weighted by molar-refractivity contribution is -0.137. The molecule has 1 N–H and O–H groups in total. The van der Waals surface area contributed by atoms with Gasteiger partial charge in [-0.05, 0) is 39.0 Å². The summed E-state index contributed by atoms with van der Waals surface area (Å²) in [6, 6.07) is 0. The zero-order valence-corrected chi connectivity index (χ0v) is 12.9. The Morgan fingerprint density at radius 2 is 1.47 bits per heavy atom. The summed E-state index contributed by atoms with van der Waals surface area (Å²) >= 11 is 0. The van der Waals surface area contributed by atoms with Gasteiger partial charge < -0.3 is 5.11 Å². The normalized spacial score (nSPS) is 11.8. The number of unbranched alkanes of at least 4 members (excludes halogenated alkanes) is 8. The zero-order valence-electron chi connectivity index (χ0n) is 12.9. The van der Waals surface area contributed by atoms with E-state index in [-0.39, 0.29) is 0 Å². The van der Waals surface area contributed by atoms with E-state index in [9.17, 15) is 4.79 Å². The summed E-state index contributed by atoms with van der Waals surface area (Å²) in [5.74, 6) is -0.665. The molecule has 112 valence electrons. The van der Waals surface area contributed by atoms with E-state index in [1.807, 2.05) is 0 Å². The zero-order chi connectivity index (χ0) is 14.3. The van der Waals surface area contributed by atoms with E-state index in [0.717, 1.165) is 12.8 Å². The molecule has 0 aromatic carbocycles. The predicted octanol–water partition coefficient (Wildman–Crippen LogP) is 5.72. The van der Waals surface area contributed by atoms with Crippen LogP contribution in [-0.2, 0) is 4.79 Å². The fourth-order valence-electron chi connectivity index (χ4n) is 2.23. The van der Waals surface area contributed by atoms with E-state index >= 15 is 0 Å². The van der Waals surface area contributed by atoms with Crippen LogP contribution in [0.1, 0.15) is 90.9 Å². The SMILES string of the molecule is CCCCCCC(C)=CCCCCCCCC(=O)O. The molecular formula is C17H32O2. The van der Waals surface area contributed by atoms with Crippen molar-refractivity contribution < 1.29 is 9.90 Å². The van der Waals surface area contributed by atoms with Crippen molar-refractivity contribution >= 4 is 5.97 Å². The molecule has 0 atom stereocenters. The Morgan fingerprint density at radius 1 is 0.895 bits per heavy atom. The van der Waals surface area contributed by atoms with Gasteiger partial charge in [0, 0.05) is 6.42 Å². The van der Waals surface area contributed by atoms with E-state index in [1.54, 1.807) is 5.57 Å². The standard InChI is InChI=1S/C17H32O2/c1-3-4-5-10-13-16(2)14-11-8-6-7-9-12-15-17(18)19/h14H,3-13,15H2,1-2H3,(H,18,19). The maximum Gasteiger partial charge on any atom is 0.303 e. The quantitative estimate of drug-likeness (QED) is 0.343. The average Bonchev–Trinajstić information content (AvgIpc) is 2.37. The molecule has 0 rings (SSSR count). The topological polar surface area (TPSA) is 37.3 Å². The van der Waals surface area contributed by atoms with E-state index < -0.39 is 5.97 Å². The van der Waals surface area contributed by atoms with Gasteiger partial charge in [-0.15, -0.1) is 0 Å². The molecule has 2 nitrogen and oxygen atoms in total. The minimum atomic E-state index is -0.665. The molecule has 0 unspecified atom stereocenters. The van der Waals surface area contributed by atoms with Gasteiger partial charge in [0.1, 0.15) is 0 Å². The first-order valence-corrected chi connectivity index (χ1v) is 8.04. The van der Waals surface area contributed by atoms with E-state index in [0.29, 0.717) is 6.42 Å². The molecule has 0 radical (unpaired) electrons. The van der Waals surface area contributed by atoms with Gasteiger partial charge in [0.05, 0.1) is 0 Å². The number of hydrogen-bond donors (Lipinski definition) is 1. The maximum absolute atomic E-state index is 10.3. The number of aliphatic carboxylic acids is 1. The highest BCUT2D eigenvalue weighted by Gasteiger charge is 1.96. The van der Waals surface area contributed by atoms with Gasteiger partial charge in [0.2, 0.25) is 0 Å². The lowest BCUT2D eigenvalue weighted by atomic mass is 10.0. The molecule has 0 spiro atoms. The highest BCUT2D eigenvalue weighted by molar-refractivity contribution is 5.66. The van der Waals surface area contributed by atoms with Crippen molar-refractivity contribution in [2.24, 2.45) is 0 Å². The van der Waals surface area contributed by atoms with Crippen molar-refractivity contribution in [3.63, 3.8) is 0 Å². The van der Waals surface area contributed by atoms with Crippen LogP contribution in [0.25, 0.3) is 0 Å². The minimum Gasteiger partial charge on any atom is -0.481 e. The summed E-state index contributed by atoms with van der Waals surface area (Å²) in [5.41, 5.74) is 1.54. The second-order valence-electron chi connectivity index (χ2n) is 5.56. The molecule has 0 heterocycles. The number of rotatable bonds is 13. The molecule has 0 saturated carbocycles. The first-order chi connectivity index (χ1) is 9.16. The first-order valence-electron chi connectivity index (χ1n) is 8.04. The minimum absolute atomic E-state index is 0.330. The van der Waals surface area contributed by atoms with Crippen LogP contribution in [0.15, 0.2) is 11.6 Å². The van der Waals surface area contributed by atoms with E-state index in [4.69, 9.17) is 5.11 Å². The van der Waals surface area contributed by atoms with Crippen molar-refractivity contribution in [3.05, 3.63) is 11.6 Å². The second kappa shape index (κ2) is 13.6. The Balaban J connectivity index is 3.29. The molecule has 0 amide bonds. The maximum atomic E-state index is 10.3. The second-order valence-corrected chi connectivity index (χ2v) is 5.56.